The molecule has 0 aromatic rings. The number of aliphatic hydroxyl groups is 4. The highest BCUT2D eigenvalue weighted by atomic mass is 16.7. The Morgan fingerprint density at radius 3 is 1.53 bits per heavy atom. The molecule has 4 N–H and O–H groups in total. The van der Waals surface area contributed by atoms with Crippen LogP contribution in [0.4, 0.5) is 0 Å². The first-order valence-corrected chi connectivity index (χ1v) is 21.0. The molecular formula is C45H74O10. The van der Waals surface area contributed by atoms with E-state index in [0.717, 1.165) is 103 Å². The van der Waals surface area contributed by atoms with Gasteiger partial charge in [0.15, 0.2) is 12.4 Å². The molecule has 0 radical (unpaired) electrons. The van der Waals surface area contributed by atoms with Crippen LogP contribution in [0.15, 0.2) is 72.9 Å². The van der Waals surface area contributed by atoms with Gasteiger partial charge >= 0.3 is 11.9 Å². The Morgan fingerprint density at radius 2 is 1.02 bits per heavy atom. The number of unbranched alkanes of at least 4 members (excludes halogenated alkanes) is 10. The van der Waals surface area contributed by atoms with Crippen LogP contribution in [0.3, 0.4) is 0 Å². The van der Waals surface area contributed by atoms with Crippen molar-refractivity contribution in [1.82, 2.24) is 0 Å². The van der Waals surface area contributed by atoms with Gasteiger partial charge in [-0.3, -0.25) is 9.59 Å². The summed E-state index contributed by atoms with van der Waals surface area (Å²) < 4.78 is 22.1. The molecule has 1 heterocycles. The molecule has 6 atom stereocenters. The van der Waals surface area contributed by atoms with Crippen LogP contribution in [0, 0.1) is 0 Å². The molecule has 314 valence electrons. The van der Waals surface area contributed by atoms with E-state index in [2.05, 4.69) is 86.8 Å². The van der Waals surface area contributed by atoms with E-state index in [0.29, 0.717) is 12.8 Å². The van der Waals surface area contributed by atoms with Gasteiger partial charge in [-0.2, -0.15) is 0 Å². The molecule has 0 unspecified atom stereocenters. The molecule has 0 bridgehead atoms. The van der Waals surface area contributed by atoms with Crippen LogP contribution < -0.4 is 0 Å². The molecule has 1 aliphatic rings. The third-order valence-electron chi connectivity index (χ3n) is 9.09. The molecule has 0 aromatic carbocycles. The van der Waals surface area contributed by atoms with Crippen LogP contribution in [0.25, 0.3) is 0 Å². The van der Waals surface area contributed by atoms with Gasteiger partial charge in [0.25, 0.3) is 0 Å². The Labute approximate surface area is 332 Å². The van der Waals surface area contributed by atoms with Gasteiger partial charge in [-0.1, -0.05) is 125 Å². The van der Waals surface area contributed by atoms with E-state index in [9.17, 15) is 30.0 Å². The van der Waals surface area contributed by atoms with Gasteiger partial charge in [0.2, 0.25) is 0 Å². The van der Waals surface area contributed by atoms with E-state index >= 15 is 0 Å². The average Bonchev–Trinajstić information content (AvgIpc) is 3.18. The van der Waals surface area contributed by atoms with Crippen molar-refractivity contribution in [2.24, 2.45) is 0 Å². The maximum atomic E-state index is 12.7. The largest absolute Gasteiger partial charge is 0.462 e. The molecule has 0 aromatic heterocycles. The molecular weight excluding hydrogens is 700 g/mol. The molecule has 1 saturated heterocycles. The predicted octanol–water partition coefficient (Wildman–Crippen LogP) is 8.44. The summed E-state index contributed by atoms with van der Waals surface area (Å²) >= 11 is 0. The second-order valence-corrected chi connectivity index (χ2v) is 14.0. The lowest BCUT2D eigenvalue weighted by Crippen LogP contribution is -2.59. The van der Waals surface area contributed by atoms with Crippen LogP contribution in [-0.4, -0.2) is 89.0 Å². The van der Waals surface area contributed by atoms with Crippen molar-refractivity contribution in [1.29, 1.82) is 0 Å². The minimum atomic E-state index is -1.60. The van der Waals surface area contributed by atoms with Crippen molar-refractivity contribution in [3.63, 3.8) is 0 Å². The number of hydrogen-bond acceptors (Lipinski definition) is 10. The highest BCUT2D eigenvalue weighted by molar-refractivity contribution is 5.70. The van der Waals surface area contributed by atoms with Crippen LogP contribution in [-0.2, 0) is 28.5 Å². The van der Waals surface area contributed by atoms with Crippen molar-refractivity contribution in [2.45, 2.75) is 179 Å². The Bertz CT molecular complexity index is 1120. The van der Waals surface area contributed by atoms with Gasteiger partial charge in [-0.25, -0.2) is 0 Å². The molecule has 0 amide bonds. The number of hydrogen-bond donors (Lipinski definition) is 4. The number of esters is 2. The minimum Gasteiger partial charge on any atom is -0.462 e. The fourth-order valence-corrected chi connectivity index (χ4v) is 5.80. The first kappa shape index (κ1) is 50.2. The van der Waals surface area contributed by atoms with Crippen LogP contribution in [0.5, 0.6) is 0 Å². The SMILES string of the molecule is CC/C=C\C/C=C\C/C=C\CCCCCCCC(=O)OC[C@@H](CO[C@@H]1O[C@@H](CO)[C@H](O)[C@@H](O)[C@@H]1O)OC(=O)CCCCCCC/C=C\C/C=C\C/C=C\CC. The number of rotatable bonds is 33. The fraction of sp³-hybridized carbons (Fsp3) is 0.689. The van der Waals surface area contributed by atoms with Crippen molar-refractivity contribution < 1.29 is 49.0 Å². The summed E-state index contributed by atoms with van der Waals surface area (Å²) in [6, 6.07) is 0. The van der Waals surface area contributed by atoms with Crippen LogP contribution in [0.2, 0.25) is 0 Å². The number of carbonyl (C=O) groups is 2. The van der Waals surface area contributed by atoms with Crippen molar-refractivity contribution in [3.05, 3.63) is 72.9 Å². The van der Waals surface area contributed by atoms with E-state index < -0.39 is 55.4 Å². The molecule has 1 aliphatic heterocycles. The quantitative estimate of drug-likeness (QED) is 0.0291. The van der Waals surface area contributed by atoms with Crippen molar-refractivity contribution >= 4 is 11.9 Å². The second-order valence-electron chi connectivity index (χ2n) is 14.0. The Kier molecular flexibility index (Phi) is 32.4. The Hall–Kier alpha value is -2.86. The number of ether oxygens (including phenoxy) is 4. The number of allylic oxidation sites excluding steroid dienone is 12. The van der Waals surface area contributed by atoms with Gasteiger partial charge in [-0.15, -0.1) is 0 Å². The molecule has 1 rings (SSSR count). The third kappa shape index (κ3) is 27.4. The van der Waals surface area contributed by atoms with E-state index in [-0.39, 0.29) is 26.1 Å². The highest BCUT2D eigenvalue weighted by Gasteiger charge is 2.44. The van der Waals surface area contributed by atoms with E-state index in [4.69, 9.17) is 18.9 Å². The molecule has 0 aliphatic carbocycles. The summed E-state index contributed by atoms with van der Waals surface area (Å²) in [4.78, 5) is 25.3. The van der Waals surface area contributed by atoms with E-state index in [1.165, 1.54) is 0 Å². The summed E-state index contributed by atoms with van der Waals surface area (Å²) in [5.41, 5.74) is 0. The third-order valence-corrected chi connectivity index (χ3v) is 9.09. The van der Waals surface area contributed by atoms with Gasteiger partial charge < -0.3 is 39.4 Å². The fourth-order valence-electron chi connectivity index (χ4n) is 5.80. The zero-order chi connectivity index (χ0) is 40.2. The lowest BCUT2D eigenvalue weighted by molar-refractivity contribution is -0.305. The minimum absolute atomic E-state index is 0.202. The zero-order valence-electron chi connectivity index (χ0n) is 33.9. The summed E-state index contributed by atoms with van der Waals surface area (Å²) in [6.07, 6.45) is 36.2. The monoisotopic (exact) mass is 775 g/mol. The predicted molar refractivity (Wildman–Crippen MR) is 219 cm³/mol. The summed E-state index contributed by atoms with van der Waals surface area (Å²) in [5.74, 6) is -0.855. The van der Waals surface area contributed by atoms with Gasteiger partial charge in [0, 0.05) is 12.8 Å². The van der Waals surface area contributed by atoms with Crippen molar-refractivity contribution in [3.8, 4) is 0 Å². The standard InChI is InChI=1S/C45H74O10/c1-3-5-7-9-11-13-15-17-19-21-23-25-27-29-31-33-40(47)52-36-38(37-53-45-44(51)43(50)42(49)39(35-46)55-45)54-41(48)34-32-30-28-26-24-22-20-18-16-14-12-10-8-6-4-2/h5-8,11-14,17-20,38-39,42-46,49-51H,3-4,9-10,15-16,21-37H2,1-2H3/b7-5-,8-6-,13-11-,14-12-,19-17-,20-18-/t38-,39-,42-,43+,44-,45+/m0/s1. The smallest absolute Gasteiger partial charge is 0.306 e. The highest BCUT2D eigenvalue weighted by Crippen LogP contribution is 2.22. The molecule has 10 nitrogen and oxygen atoms in total. The Balaban J connectivity index is 2.39. The average molecular weight is 775 g/mol. The maximum absolute atomic E-state index is 12.7. The molecule has 55 heavy (non-hydrogen) atoms. The summed E-state index contributed by atoms with van der Waals surface area (Å²) in [6.45, 7) is 3.14. The zero-order valence-corrected chi connectivity index (χ0v) is 33.9. The molecule has 0 spiro atoms. The van der Waals surface area contributed by atoms with E-state index in [1.807, 2.05) is 0 Å². The number of carbonyl (C=O) groups excluding carboxylic acids is 2. The molecule has 0 saturated carbocycles. The topological polar surface area (TPSA) is 152 Å². The van der Waals surface area contributed by atoms with E-state index in [1.54, 1.807) is 0 Å². The summed E-state index contributed by atoms with van der Waals surface area (Å²) in [5, 5.41) is 40.0. The first-order valence-electron chi connectivity index (χ1n) is 21.0. The lowest BCUT2D eigenvalue weighted by Gasteiger charge is -2.39. The molecule has 1 fully saturated rings. The maximum Gasteiger partial charge on any atom is 0.306 e. The van der Waals surface area contributed by atoms with Gasteiger partial charge in [0.1, 0.15) is 31.0 Å². The molecule has 10 heteroatoms. The normalized spacial score (nSPS) is 21.3. The van der Waals surface area contributed by atoms with Gasteiger partial charge in [-0.05, 0) is 77.0 Å². The van der Waals surface area contributed by atoms with Gasteiger partial charge in [0.05, 0.1) is 13.2 Å². The lowest BCUT2D eigenvalue weighted by atomic mass is 9.99. The van der Waals surface area contributed by atoms with Crippen molar-refractivity contribution in [2.75, 3.05) is 19.8 Å². The van der Waals surface area contributed by atoms with Crippen LogP contribution >= 0.6 is 0 Å². The Morgan fingerprint density at radius 1 is 0.564 bits per heavy atom. The summed E-state index contributed by atoms with van der Waals surface area (Å²) in [7, 11) is 0. The van der Waals surface area contributed by atoms with Crippen LogP contribution in [0.1, 0.15) is 142 Å². The number of aliphatic hydroxyl groups excluding tert-OH is 4. The second kappa shape index (κ2) is 35.5. The first-order chi connectivity index (χ1) is 26.8.